The van der Waals surface area contributed by atoms with Gasteiger partial charge in [-0.25, -0.2) is 0 Å². The van der Waals surface area contributed by atoms with Gasteiger partial charge in [-0.05, 0) is 45.4 Å². The molecule has 0 aromatic carbocycles. The maximum Gasteiger partial charge on any atom is 0.0350 e. The summed E-state index contributed by atoms with van der Waals surface area (Å²) >= 11 is 0. The van der Waals surface area contributed by atoms with Crippen molar-refractivity contribution in [2.45, 2.75) is 31.7 Å². The maximum atomic E-state index is 5.50. The Morgan fingerprint density at radius 1 is 1.07 bits per heavy atom. The van der Waals surface area contributed by atoms with Crippen molar-refractivity contribution in [2.24, 2.45) is 5.73 Å². The molecule has 0 radical (unpaired) electrons. The van der Waals surface area contributed by atoms with Crippen LogP contribution in [0, 0.1) is 0 Å². The van der Waals surface area contributed by atoms with Gasteiger partial charge >= 0.3 is 0 Å². The minimum atomic E-state index is 0.838. The molecule has 0 amide bonds. The molecule has 2 aliphatic heterocycles. The highest BCUT2D eigenvalue weighted by molar-refractivity contribution is 4.88. The molecule has 14 heavy (non-hydrogen) atoms. The summed E-state index contributed by atoms with van der Waals surface area (Å²) in [4.78, 5) is 5.22. The SMILES string of the molecule is NCCCN1CC(N2CCCCC2)C1. The quantitative estimate of drug-likeness (QED) is 0.712. The smallest absolute Gasteiger partial charge is 0.0350 e. The van der Waals surface area contributed by atoms with Crippen molar-refractivity contribution >= 4 is 0 Å². The van der Waals surface area contributed by atoms with Crippen LogP contribution in [-0.2, 0) is 0 Å². The van der Waals surface area contributed by atoms with Crippen molar-refractivity contribution in [3.63, 3.8) is 0 Å². The zero-order chi connectivity index (χ0) is 9.80. The highest BCUT2D eigenvalue weighted by atomic mass is 15.3. The van der Waals surface area contributed by atoms with Crippen LogP contribution in [0.3, 0.4) is 0 Å². The summed E-state index contributed by atoms with van der Waals surface area (Å²) in [5.41, 5.74) is 5.50. The predicted octanol–water partition coefficient (Wildman–Crippen LogP) is 0.505. The molecule has 0 aromatic heterocycles. The average molecular weight is 197 g/mol. The first-order valence-electron chi connectivity index (χ1n) is 6.06. The van der Waals surface area contributed by atoms with E-state index in [9.17, 15) is 0 Å². The molecule has 2 rings (SSSR count). The second kappa shape index (κ2) is 5.10. The van der Waals surface area contributed by atoms with E-state index in [1.165, 1.54) is 52.0 Å². The monoisotopic (exact) mass is 197 g/mol. The predicted molar refractivity (Wildman–Crippen MR) is 59.3 cm³/mol. The van der Waals surface area contributed by atoms with Crippen LogP contribution in [-0.4, -0.2) is 55.1 Å². The molecular weight excluding hydrogens is 174 g/mol. The van der Waals surface area contributed by atoms with Gasteiger partial charge in [-0.3, -0.25) is 4.90 Å². The Morgan fingerprint density at radius 2 is 1.79 bits per heavy atom. The molecule has 0 aromatic rings. The van der Waals surface area contributed by atoms with Crippen molar-refractivity contribution in [3.8, 4) is 0 Å². The summed E-state index contributed by atoms with van der Waals surface area (Å²) in [6, 6.07) is 0.869. The largest absolute Gasteiger partial charge is 0.330 e. The van der Waals surface area contributed by atoms with E-state index in [1.807, 2.05) is 0 Å². The molecule has 3 heteroatoms. The molecule has 0 saturated carbocycles. The Morgan fingerprint density at radius 3 is 2.43 bits per heavy atom. The molecule has 0 bridgehead atoms. The number of hydrogen-bond donors (Lipinski definition) is 1. The summed E-state index contributed by atoms with van der Waals surface area (Å²) in [6.07, 6.45) is 5.44. The van der Waals surface area contributed by atoms with E-state index in [-0.39, 0.29) is 0 Å². The Balaban J connectivity index is 1.61. The van der Waals surface area contributed by atoms with Crippen LogP contribution in [0.5, 0.6) is 0 Å². The van der Waals surface area contributed by atoms with Gasteiger partial charge in [0.15, 0.2) is 0 Å². The summed E-state index contributed by atoms with van der Waals surface area (Å²) in [6.45, 7) is 7.32. The third kappa shape index (κ3) is 2.47. The van der Waals surface area contributed by atoms with Gasteiger partial charge in [0.1, 0.15) is 0 Å². The van der Waals surface area contributed by atoms with Crippen LogP contribution in [0.15, 0.2) is 0 Å². The molecule has 0 spiro atoms. The summed E-state index contributed by atoms with van der Waals surface area (Å²) in [7, 11) is 0. The van der Waals surface area contributed by atoms with E-state index in [4.69, 9.17) is 5.73 Å². The van der Waals surface area contributed by atoms with Crippen molar-refractivity contribution in [1.82, 2.24) is 9.80 Å². The lowest BCUT2D eigenvalue weighted by molar-refractivity contribution is 0.0233. The summed E-state index contributed by atoms with van der Waals surface area (Å²) in [5.74, 6) is 0. The molecule has 2 aliphatic rings. The fourth-order valence-electron chi connectivity index (χ4n) is 2.55. The van der Waals surface area contributed by atoms with Gasteiger partial charge in [0.25, 0.3) is 0 Å². The van der Waals surface area contributed by atoms with Gasteiger partial charge in [-0.15, -0.1) is 0 Å². The molecule has 0 atom stereocenters. The molecule has 2 N–H and O–H groups in total. The van der Waals surface area contributed by atoms with Crippen LogP contribution in [0.1, 0.15) is 25.7 Å². The highest BCUT2D eigenvalue weighted by Crippen LogP contribution is 2.19. The van der Waals surface area contributed by atoms with E-state index < -0.39 is 0 Å². The van der Waals surface area contributed by atoms with E-state index in [1.54, 1.807) is 0 Å². The topological polar surface area (TPSA) is 32.5 Å². The number of piperidine rings is 1. The molecule has 2 saturated heterocycles. The van der Waals surface area contributed by atoms with Crippen molar-refractivity contribution in [2.75, 3.05) is 39.3 Å². The first-order chi connectivity index (χ1) is 6.90. The second-order valence-corrected chi connectivity index (χ2v) is 4.65. The fraction of sp³-hybridized carbons (Fsp3) is 1.00. The Kier molecular flexibility index (Phi) is 3.79. The number of nitrogens with two attached hydrogens (primary N) is 1. The minimum Gasteiger partial charge on any atom is -0.330 e. The number of hydrogen-bond acceptors (Lipinski definition) is 3. The summed E-state index contributed by atoms with van der Waals surface area (Å²) in [5, 5.41) is 0. The zero-order valence-corrected chi connectivity index (χ0v) is 9.12. The van der Waals surface area contributed by atoms with E-state index >= 15 is 0 Å². The standard InChI is InChI=1S/C11H23N3/c12-5-4-6-13-9-11(10-13)14-7-2-1-3-8-14/h11H,1-10,12H2. The highest BCUT2D eigenvalue weighted by Gasteiger charge is 2.31. The first kappa shape index (κ1) is 10.4. The van der Waals surface area contributed by atoms with Gasteiger partial charge in [-0.1, -0.05) is 6.42 Å². The van der Waals surface area contributed by atoms with E-state index in [0.717, 1.165) is 19.0 Å². The maximum absolute atomic E-state index is 5.50. The number of rotatable bonds is 4. The van der Waals surface area contributed by atoms with E-state index in [2.05, 4.69) is 9.80 Å². The van der Waals surface area contributed by atoms with Crippen LogP contribution >= 0.6 is 0 Å². The molecule has 82 valence electrons. The molecule has 0 unspecified atom stereocenters. The van der Waals surface area contributed by atoms with Gasteiger partial charge in [0.05, 0.1) is 0 Å². The minimum absolute atomic E-state index is 0.838. The lowest BCUT2D eigenvalue weighted by Gasteiger charge is -2.46. The summed E-state index contributed by atoms with van der Waals surface area (Å²) < 4.78 is 0. The van der Waals surface area contributed by atoms with Crippen molar-refractivity contribution in [3.05, 3.63) is 0 Å². The zero-order valence-electron chi connectivity index (χ0n) is 9.12. The van der Waals surface area contributed by atoms with Gasteiger partial charge < -0.3 is 10.6 Å². The van der Waals surface area contributed by atoms with Crippen molar-refractivity contribution < 1.29 is 0 Å². The molecule has 0 aliphatic carbocycles. The Hall–Kier alpha value is -0.120. The Labute approximate surface area is 87.2 Å². The molecule has 2 heterocycles. The third-order valence-corrected chi connectivity index (χ3v) is 3.52. The van der Waals surface area contributed by atoms with E-state index in [0.29, 0.717) is 0 Å². The lowest BCUT2D eigenvalue weighted by atomic mass is 10.0. The third-order valence-electron chi connectivity index (χ3n) is 3.52. The fourth-order valence-corrected chi connectivity index (χ4v) is 2.55. The number of likely N-dealkylation sites (tertiary alicyclic amines) is 2. The van der Waals surface area contributed by atoms with Crippen LogP contribution in [0.25, 0.3) is 0 Å². The normalized spacial score (nSPS) is 26.4. The van der Waals surface area contributed by atoms with Crippen LogP contribution in [0.4, 0.5) is 0 Å². The number of nitrogens with zero attached hydrogens (tertiary/aromatic N) is 2. The molecular formula is C11H23N3. The molecule has 2 fully saturated rings. The average Bonchev–Trinajstić information content (AvgIpc) is 2.17. The Bertz CT molecular complexity index is 160. The second-order valence-electron chi connectivity index (χ2n) is 4.65. The van der Waals surface area contributed by atoms with Gasteiger partial charge in [-0.2, -0.15) is 0 Å². The molecule has 3 nitrogen and oxygen atoms in total. The lowest BCUT2D eigenvalue weighted by Crippen LogP contribution is -2.60. The van der Waals surface area contributed by atoms with Gasteiger partial charge in [0, 0.05) is 19.1 Å². The van der Waals surface area contributed by atoms with Crippen LogP contribution < -0.4 is 5.73 Å². The van der Waals surface area contributed by atoms with Crippen LogP contribution in [0.2, 0.25) is 0 Å². The van der Waals surface area contributed by atoms with Crippen molar-refractivity contribution in [1.29, 1.82) is 0 Å². The first-order valence-corrected chi connectivity index (χ1v) is 6.06. The van der Waals surface area contributed by atoms with Gasteiger partial charge in [0.2, 0.25) is 0 Å².